The lowest BCUT2D eigenvalue weighted by Gasteiger charge is -2.27. The van der Waals surface area contributed by atoms with Gasteiger partial charge >= 0.3 is 0 Å². The first-order chi connectivity index (χ1) is 9.90. The quantitative estimate of drug-likeness (QED) is 0.778. The van der Waals surface area contributed by atoms with Gasteiger partial charge in [-0.25, -0.2) is 4.68 Å². The Morgan fingerprint density at radius 1 is 1.20 bits per heavy atom. The summed E-state index contributed by atoms with van der Waals surface area (Å²) >= 11 is 0. The zero-order chi connectivity index (χ0) is 13.4. The predicted octanol–water partition coefficient (Wildman–Crippen LogP) is 1.88. The average molecular weight is 270 g/mol. The molecule has 20 heavy (non-hydrogen) atoms. The largest absolute Gasteiger partial charge is 0.492 e. The Kier molecular flexibility index (Phi) is 2.92. The van der Waals surface area contributed by atoms with Gasteiger partial charge in [0.2, 0.25) is 0 Å². The highest BCUT2D eigenvalue weighted by atomic mass is 16.5. The van der Waals surface area contributed by atoms with Gasteiger partial charge < -0.3 is 4.74 Å². The Morgan fingerprint density at radius 3 is 2.70 bits per heavy atom. The van der Waals surface area contributed by atoms with Crippen LogP contribution in [0.5, 0.6) is 5.75 Å². The summed E-state index contributed by atoms with van der Waals surface area (Å²) in [6, 6.07) is 9.47. The van der Waals surface area contributed by atoms with Crippen molar-refractivity contribution < 1.29 is 4.74 Å². The van der Waals surface area contributed by atoms with Crippen molar-refractivity contribution in [2.24, 2.45) is 0 Å². The highest BCUT2D eigenvalue weighted by Gasteiger charge is 2.42. The molecule has 0 amide bonds. The van der Waals surface area contributed by atoms with Crippen LogP contribution in [-0.4, -0.2) is 45.1 Å². The molecule has 5 nitrogen and oxygen atoms in total. The Labute approximate surface area is 118 Å². The molecular formula is C15H18N4O. The fourth-order valence-electron chi connectivity index (χ4n) is 2.74. The summed E-state index contributed by atoms with van der Waals surface area (Å²) in [6.07, 6.45) is 7.66. The maximum atomic E-state index is 5.86. The van der Waals surface area contributed by atoms with E-state index in [-0.39, 0.29) is 0 Å². The van der Waals surface area contributed by atoms with E-state index in [1.165, 1.54) is 25.8 Å². The summed E-state index contributed by atoms with van der Waals surface area (Å²) in [5.41, 5.74) is 0.998. The number of nitrogens with zero attached hydrogens (tertiary/aromatic N) is 4. The molecule has 2 aromatic rings. The van der Waals surface area contributed by atoms with Gasteiger partial charge in [0, 0.05) is 12.6 Å². The van der Waals surface area contributed by atoms with Crippen molar-refractivity contribution in [2.45, 2.75) is 31.3 Å². The van der Waals surface area contributed by atoms with Gasteiger partial charge in [0.1, 0.15) is 12.4 Å². The second-order valence-electron chi connectivity index (χ2n) is 5.59. The molecule has 1 aromatic heterocycles. The first-order valence-electron chi connectivity index (χ1n) is 7.25. The van der Waals surface area contributed by atoms with Crippen LogP contribution in [0.4, 0.5) is 0 Å². The lowest BCUT2D eigenvalue weighted by Crippen LogP contribution is -2.29. The molecule has 5 heteroatoms. The summed E-state index contributed by atoms with van der Waals surface area (Å²) in [7, 11) is 0. The molecule has 1 aliphatic heterocycles. The van der Waals surface area contributed by atoms with Crippen LogP contribution in [0.15, 0.2) is 36.7 Å². The molecule has 2 heterocycles. The minimum absolute atomic E-state index is 0.635. The third-order valence-electron chi connectivity index (χ3n) is 4.27. The molecule has 2 fully saturated rings. The molecule has 4 rings (SSSR count). The number of hydrogen-bond donors (Lipinski definition) is 0. The lowest BCUT2D eigenvalue weighted by atomic mass is 9.93. The molecule has 0 spiro atoms. The summed E-state index contributed by atoms with van der Waals surface area (Å²) < 4.78 is 7.60. The summed E-state index contributed by atoms with van der Waals surface area (Å²) in [5, 5.41) is 7.77. The smallest absolute Gasteiger partial charge is 0.119 e. The zero-order valence-corrected chi connectivity index (χ0v) is 11.4. The van der Waals surface area contributed by atoms with Crippen LogP contribution in [0, 0.1) is 0 Å². The van der Waals surface area contributed by atoms with Gasteiger partial charge in [0.05, 0.1) is 24.1 Å². The first-order valence-corrected chi connectivity index (χ1v) is 7.25. The highest BCUT2D eigenvalue weighted by Crippen LogP contribution is 2.33. The third-order valence-corrected chi connectivity index (χ3v) is 4.27. The van der Waals surface area contributed by atoms with E-state index in [0.717, 1.165) is 24.1 Å². The van der Waals surface area contributed by atoms with E-state index in [2.05, 4.69) is 15.2 Å². The third kappa shape index (κ3) is 2.29. The number of ether oxygens (including phenoxy) is 1. The van der Waals surface area contributed by atoms with Crippen molar-refractivity contribution >= 4 is 0 Å². The lowest BCUT2D eigenvalue weighted by molar-refractivity contribution is 0.215. The predicted molar refractivity (Wildman–Crippen MR) is 75.0 cm³/mol. The summed E-state index contributed by atoms with van der Waals surface area (Å²) in [6.45, 7) is 2.01. The topological polar surface area (TPSA) is 43.0 Å². The monoisotopic (exact) mass is 270 g/mol. The molecule has 2 atom stereocenters. The fourth-order valence-corrected chi connectivity index (χ4v) is 2.74. The van der Waals surface area contributed by atoms with Gasteiger partial charge in [0.25, 0.3) is 0 Å². The van der Waals surface area contributed by atoms with Crippen LogP contribution in [-0.2, 0) is 0 Å². The van der Waals surface area contributed by atoms with Crippen LogP contribution in [0.1, 0.15) is 19.3 Å². The van der Waals surface area contributed by atoms with E-state index in [1.54, 1.807) is 10.9 Å². The van der Waals surface area contributed by atoms with E-state index in [0.29, 0.717) is 6.04 Å². The van der Waals surface area contributed by atoms with Crippen molar-refractivity contribution in [2.75, 3.05) is 13.2 Å². The van der Waals surface area contributed by atoms with Crippen LogP contribution < -0.4 is 4.74 Å². The number of aromatic nitrogens is 3. The maximum Gasteiger partial charge on any atom is 0.119 e. The van der Waals surface area contributed by atoms with E-state index in [4.69, 9.17) is 4.74 Å². The van der Waals surface area contributed by atoms with E-state index >= 15 is 0 Å². The van der Waals surface area contributed by atoms with Crippen molar-refractivity contribution in [1.29, 1.82) is 0 Å². The summed E-state index contributed by atoms with van der Waals surface area (Å²) in [5.74, 6) is 0.925. The van der Waals surface area contributed by atoms with E-state index in [1.807, 2.05) is 30.5 Å². The molecule has 0 radical (unpaired) electrons. The van der Waals surface area contributed by atoms with Crippen molar-refractivity contribution in [3.8, 4) is 11.4 Å². The number of rotatable bonds is 5. The molecule has 1 aliphatic carbocycles. The van der Waals surface area contributed by atoms with Gasteiger partial charge in [-0.15, -0.1) is 5.10 Å². The second-order valence-corrected chi connectivity index (χ2v) is 5.59. The Balaban J connectivity index is 1.31. The van der Waals surface area contributed by atoms with Gasteiger partial charge in [-0.2, -0.15) is 0 Å². The molecule has 2 aliphatic rings. The van der Waals surface area contributed by atoms with Crippen molar-refractivity contribution in [3.05, 3.63) is 36.7 Å². The van der Waals surface area contributed by atoms with Crippen LogP contribution in [0.2, 0.25) is 0 Å². The zero-order valence-electron chi connectivity index (χ0n) is 11.4. The molecule has 104 valence electrons. The van der Waals surface area contributed by atoms with Gasteiger partial charge in [-0.1, -0.05) is 11.6 Å². The first kappa shape index (κ1) is 11.9. The molecule has 1 saturated heterocycles. The summed E-state index contributed by atoms with van der Waals surface area (Å²) in [4.78, 5) is 2.56. The Bertz CT molecular complexity index is 562. The second kappa shape index (κ2) is 4.90. The van der Waals surface area contributed by atoms with Gasteiger partial charge in [-0.05, 0) is 37.1 Å². The molecule has 1 aromatic carbocycles. The Morgan fingerprint density at radius 2 is 2.05 bits per heavy atom. The SMILES string of the molecule is c1cn(-c2ccc(OCC3CN3C3CCC3)cc2)nn1. The minimum atomic E-state index is 0.635. The van der Waals surface area contributed by atoms with Crippen LogP contribution in [0.25, 0.3) is 5.69 Å². The number of benzene rings is 1. The number of hydrogen-bond acceptors (Lipinski definition) is 4. The molecule has 0 N–H and O–H groups in total. The van der Waals surface area contributed by atoms with Crippen LogP contribution in [0.3, 0.4) is 0 Å². The van der Waals surface area contributed by atoms with Crippen molar-refractivity contribution in [1.82, 2.24) is 19.9 Å². The van der Waals surface area contributed by atoms with E-state index < -0.39 is 0 Å². The Hall–Kier alpha value is -1.88. The molecule has 1 saturated carbocycles. The standard InChI is InChI=1S/C15H18N4O/c1-2-12(3-1)18-10-14(18)11-20-15-6-4-13(5-7-15)19-9-8-16-17-19/h4-9,12,14H,1-3,10-11H2. The van der Waals surface area contributed by atoms with E-state index in [9.17, 15) is 0 Å². The average Bonchev–Trinajstić information content (AvgIpc) is 2.96. The maximum absolute atomic E-state index is 5.86. The fraction of sp³-hybridized carbons (Fsp3) is 0.467. The van der Waals surface area contributed by atoms with Crippen LogP contribution >= 0.6 is 0 Å². The normalized spacial score (nSPS) is 25.2. The highest BCUT2D eigenvalue weighted by molar-refractivity contribution is 5.36. The molecular weight excluding hydrogens is 252 g/mol. The van der Waals surface area contributed by atoms with Crippen molar-refractivity contribution in [3.63, 3.8) is 0 Å². The molecule has 0 bridgehead atoms. The van der Waals surface area contributed by atoms with Gasteiger partial charge in [0.15, 0.2) is 0 Å². The van der Waals surface area contributed by atoms with Gasteiger partial charge in [-0.3, -0.25) is 4.90 Å². The minimum Gasteiger partial charge on any atom is -0.492 e. The molecule has 2 unspecified atom stereocenters.